The zero-order chi connectivity index (χ0) is 15.5. The standard InChI is InChI=1S/C15H9Cl3N2OS/c16-11-3-1-2-9(6-11)14-19-20-15(21-14)22-8-10-4-5-12(17)7-13(10)18/h1-7H,8H2. The van der Waals surface area contributed by atoms with Crippen LogP contribution in [0, 0.1) is 0 Å². The summed E-state index contributed by atoms with van der Waals surface area (Å²) in [5, 5.41) is 10.4. The van der Waals surface area contributed by atoms with Crippen LogP contribution in [0.1, 0.15) is 5.56 Å². The zero-order valence-corrected chi connectivity index (χ0v) is 14.2. The van der Waals surface area contributed by atoms with E-state index in [9.17, 15) is 0 Å². The smallest absolute Gasteiger partial charge is 0.277 e. The predicted molar refractivity (Wildman–Crippen MR) is 90.8 cm³/mol. The summed E-state index contributed by atoms with van der Waals surface area (Å²) in [6.45, 7) is 0. The van der Waals surface area contributed by atoms with E-state index >= 15 is 0 Å². The minimum atomic E-state index is 0.437. The van der Waals surface area contributed by atoms with E-state index in [1.165, 1.54) is 11.8 Å². The van der Waals surface area contributed by atoms with E-state index in [1.54, 1.807) is 24.3 Å². The molecule has 0 unspecified atom stereocenters. The van der Waals surface area contributed by atoms with Gasteiger partial charge in [-0.05, 0) is 35.9 Å². The molecule has 3 rings (SSSR count). The molecule has 0 fully saturated rings. The van der Waals surface area contributed by atoms with Gasteiger partial charge in [0.25, 0.3) is 5.22 Å². The highest BCUT2D eigenvalue weighted by molar-refractivity contribution is 7.98. The fraction of sp³-hybridized carbons (Fsp3) is 0.0667. The molecule has 1 heterocycles. The average molecular weight is 372 g/mol. The van der Waals surface area contributed by atoms with E-state index in [2.05, 4.69) is 10.2 Å². The second kappa shape index (κ2) is 6.92. The third-order valence-corrected chi connectivity index (χ3v) is 4.53. The molecule has 112 valence electrons. The molecule has 0 atom stereocenters. The zero-order valence-electron chi connectivity index (χ0n) is 11.1. The van der Waals surface area contributed by atoms with Crippen molar-refractivity contribution in [2.45, 2.75) is 11.0 Å². The van der Waals surface area contributed by atoms with Crippen LogP contribution in [-0.4, -0.2) is 10.2 Å². The van der Waals surface area contributed by atoms with Crippen molar-refractivity contribution < 1.29 is 4.42 Å². The van der Waals surface area contributed by atoms with Crippen LogP contribution >= 0.6 is 46.6 Å². The van der Waals surface area contributed by atoms with Gasteiger partial charge in [-0.2, -0.15) is 0 Å². The van der Waals surface area contributed by atoms with Gasteiger partial charge in [0.05, 0.1) is 0 Å². The van der Waals surface area contributed by atoms with Gasteiger partial charge in [0, 0.05) is 26.4 Å². The van der Waals surface area contributed by atoms with Gasteiger partial charge >= 0.3 is 0 Å². The van der Waals surface area contributed by atoms with Crippen LogP contribution in [0.25, 0.3) is 11.5 Å². The SMILES string of the molecule is Clc1cccc(-c2nnc(SCc3ccc(Cl)cc3Cl)o2)c1. The lowest BCUT2D eigenvalue weighted by Gasteiger charge is -2.02. The van der Waals surface area contributed by atoms with Crippen molar-refractivity contribution in [3.8, 4) is 11.5 Å². The maximum absolute atomic E-state index is 6.14. The molecule has 0 saturated carbocycles. The van der Waals surface area contributed by atoms with Gasteiger partial charge in [0.2, 0.25) is 5.89 Å². The number of hydrogen-bond donors (Lipinski definition) is 0. The molecular formula is C15H9Cl3N2OS. The van der Waals surface area contributed by atoms with E-state index in [-0.39, 0.29) is 0 Å². The van der Waals surface area contributed by atoms with Gasteiger partial charge in [-0.1, -0.05) is 58.7 Å². The highest BCUT2D eigenvalue weighted by Gasteiger charge is 2.10. The second-order valence-electron chi connectivity index (χ2n) is 4.41. The number of aromatic nitrogens is 2. The number of hydrogen-bond acceptors (Lipinski definition) is 4. The Hall–Kier alpha value is -1.20. The van der Waals surface area contributed by atoms with E-state index in [0.29, 0.717) is 31.9 Å². The van der Waals surface area contributed by atoms with Gasteiger partial charge in [-0.3, -0.25) is 0 Å². The Labute approximate surface area is 146 Å². The average Bonchev–Trinajstić information content (AvgIpc) is 2.95. The maximum atomic E-state index is 6.14. The number of thioether (sulfide) groups is 1. The lowest BCUT2D eigenvalue weighted by molar-refractivity contribution is 0.466. The number of nitrogens with zero attached hydrogens (tertiary/aromatic N) is 2. The van der Waals surface area contributed by atoms with Crippen LogP contribution in [0.2, 0.25) is 15.1 Å². The fourth-order valence-electron chi connectivity index (χ4n) is 1.78. The van der Waals surface area contributed by atoms with Crippen molar-refractivity contribution in [2.24, 2.45) is 0 Å². The number of rotatable bonds is 4. The maximum Gasteiger partial charge on any atom is 0.277 e. The Morgan fingerprint density at radius 2 is 1.77 bits per heavy atom. The monoisotopic (exact) mass is 370 g/mol. The summed E-state index contributed by atoms with van der Waals surface area (Å²) >= 11 is 19.4. The Bertz CT molecular complexity index is 807. The normalized spacial score (nSPS) is 10.9. The molecule has 0 aliphatic heterocycles. The van der Waals surface area contributed by atoms with Crippen LogP contribution in [-0.2, 0) is 5.75 Å². The summed E-state index contributed by atoms with van der Waals surface area (Å²) in [6, 6.07) is 12.7. The molecular weight excluding hydrogens is 363 g/mol. The largest absolute Gasteiger partial charge is 0.411 e. The predicted octanol–water partition coefficient (Wildman–Crippen LogP) is 5.99. The van der Waals surface area contributed by atoms with Crippen molar-refractivity contribution in [1.29, 1.82) is 0 Å². The summed E-state index contributed by atoms with van der Waals surface area (Å²) < 4.78 is 5.62. The van der Waals surface area contributed by atoms with E-state index in [4.69, 9.17) is 39.2 Å². The first-order chi connectivity index (χ1) is 10.6. The Kier molecular flexibility index (Phi) is 4.93. The summed E-state index contributed by atoms with van der Waals surface area (Å²) in [5.41, 5.74) is 1.75. The Morgan fingerprint density at radius 1 is 0.955 bits per heavy atom. The van der Waals surface area contributed by atoms with E-state index in [1.807, 2.05) is 18.2 Å². The summed E-state index contributed by atoms with van der Waals surface area (Å²) in [5.74, 6) is 1.06. The summed E-state index contributed by atoms with van der Waals surface area (Å²) in [4.78, 5) is 0. The molecule has 3 aromatic rings. The minimum absolute atomic E-state index is 0.437. The highest BCUT2D eigenvalue weighted by atomic mass is 35.5. The lowest BCUT2D eigenvalue weighted by atomic mass is 10.2. The first-order valence-electron chi connectivity index (χ1n) is 6.28. The van der Waals surface area contributed by atoms with Crippen molar-refractivity contribution in [1.82, 2.24) is 10.2 Å². The van der Waals surface area contributed by atoms with E-state index < -0.39 is 0 Å². The number of halogens is 3. The van der Waals surface area contributed by atoms with Gasteiger partial charge in [0.15, 0.2) is 0 Å². The van der Waals surface area contributed by atoms with Crippen LogP contribution in [0.5, 0.6) is 0 Å². The quantitative estimate of drug-likeness (QED) is 0.528. The Balaban J connectivity index is 1.72. The second-order valence-corrected chi connectivity index (χ2v) is 6.61. The first kappa shape index (κ1) is 15.7. The van der Waals surface area contributed by atoms with Crippen molar-refractivity contribution in [3.05, 3.63) is 63.1 Å². The topological polar surface area (TPSA) is 38.9 Å². The van der Waals surface area contributed by atoms with Gasteiger partial charge in [0.1, 0.15) is 0 Å². The molecule has 0 aliphatic carbocycles. The molecule has 0 N–H and O–H groups in total. The molecule has 7 heteroatoms. The molecule has 0 aliphatic rings. The third kappa shape index (κ3) is 3.76. The van der Waals surface area contributed by atoms with Gasteiger partial charge < -0.3 is 4.42 Å². The molecule has 0 radical (unpaired) electrons. The molecule has 1 aromatic heterocycles. The highest BCUT2D eigenvalue weighted by Crippen LogP contribution is 2.30. The molecule has 3 nitrogen and oxygen atoms in total. The first-order valence-corrected chi connectivity index (χ1v) is 8.40. The molecule has 0 spiro atoms. The van der Waals surface area contributed by atoms with Crippen LogP contribution in [0.3, 0.4) is 0 Å². The Morgan fingerprint density at radius 3 is 2.55 bits per heavy atom. The van der Waals surface area contributed by atoms with Gasteiger partial charge in [-0.15, -0.1) is 10.2 Å². The van der Waals surface area contributed by atoms with Gasteiger partial charge in [-0.25, -0.2) is 0 Å². The molecule has 2 aromatic carbocycles. The third-order valence-electron chi connectivity index (χ3n) is 2.84. The lowest BCUT2D eigenvalue weighted by Crippen LogP contribution is -1.82. The van der Waals surface area contributed by atoms with Crippen molar-refractivity contribution in [2.75, 3.05) is 0 Å². The fourth-order valence-corrected chi connectivity index (χ4v) is 3.30. The minimum Gasteiger partial charge on any atom is -0.411 e. The van der Waals surface area contributed by atoms with Crippen molar-refractivity contribution >= 4 is 46.6 Å². The molecule has 0 amide bonds. The summed E-state index contributed by atoms with van der Waals surface area (Å²) in [7, 11) is 0. The van der Waals surface area contributed by atoms with Crippen LogP contribution < -0.4 is 0 Å². The summed E-state index contributed by atoms with van der Waals surface area (Å²) in [6.07, 6.45) is 0. The molecule has 0 saturated heterocycles. The van der Waals surface area contributed by atoms with Crippen LogP contribution in [0.4, 0.5) is 0 Å². The van der Waals surface area contributed by atoms with Crippen molar-refractivity contribution in [3.63, 3.8) is 0 Å². The molecule has 22 heavy (non-hydrogen) atoms. The number of benzene rings is 2. The molecule has 0 bridgehead atoms. The van der Waals surface area contributed by atoms with Crippen LogP contribution in [0.15, 0.2) is 52.1 Å². The van der Waals surface area contributed by atoms with E-state index in [0.717, 1.165) is 11.1 Å².